The molecule has 1 aromatic rings. The number of ether oxygens (including phenoxy) is 1. The van der Waals surface area contributed by atoms with Crippen LogP contribution in [-0.4, -0.2) is 29.1 Å². The summed E-state index contributed by atoms with van der Waals surface area (Å²) in [5, 5.41) is 6.19. The van der Waals surface area contributed by atoms with Gasteiger partial charge in [-0.1, -0.05) is 13.8 Å². The SMILES string of the molecule is Cc1nc(CNC(=O)OC(C)(C)C)sc1C(=O)NCC(C)C. The molecule has 22 heavy (non-hydrogen) atoms. The normalized spacial score (nSPS) is 11.4. The van der Waals surface area contributed by atoms with E-state index < -0.39 is 11.7 Å². The quantitative estimate of drug-likeness (QED) is 0.871. The first kappa shape index (κ1) is 18.4. The lowest BCUT2D eigenvalue weighted by Gasteiger charge is -2.19. The van der Waals surface area contributed by atoms with Crippen LogP contribution in [0.15, 0.2) is 0 Å². The van der Waals surface area contributed by atoms with E-state index >= 15 is 0 Å². The zero-order valence-electron chi connectivity index (χ0n) is 14.1. The van der Waals surface area contributed by atoms with Crippen LogP contribution in [0.3, 0.4) is 0 Å². The lowest BCUT2D eigenvalue weighted by Crippen LogP contribution is -2.32. The third-order valence-electron chi connectivity index (χ3n) is 2.50. The number of hydrogen-bond acceptors (Lipinski definition) is 5. The van der Waals surface area contributed by atoms with E-state index in [1.54, 1.807) is 27.7 Å². The van der Waals surface area contributed by atoms with E-state index in [0.29, 0.717) is 28.0 Å². The second-order valence-electron chi connectivity index (χ2n) is 6.48. The smallest absolute Gasteiger partial charge is 0.408 e. The zero-order valence-corrected chi connectivity index (χ0v) is 14.9. The topological polar surface area (TPSA) is 80.3 Å². The average molecular weight is 327 g/mol. The second-order valence-corrected chi connectivity index (χ2v) is 7.57. The molecular formula is C15H25N3O3S. The summed E-state index contributed by atoms with van der Waals surface area (Å²) in [5.41, 5.74) is 0.136. The molecule has 0 radical (unpaired) electrons. The summed E-state index contributed by atoms with van der Waals surface area (Å²) in [7, 11) is 0. The summed E-state index contributed by atoms with van der Waals surface area (Å²) in [6.45, 7) is 12.1. The Morgan fingerprint density at radius 2 is 1.91 bits per heavy atom. The van der Waals surface area contributed by atoms with Crippen molar-refractivity contribution in [1.82, 2.24) is 15.6 Å². The van der Waals surface area contributed by atoms with Crippen LogP contribution in [0.25, 0.3) is 0 Å². The Morgan fingerprint density at radius 3 is 2.45 bits per heavy atom. The molecule has 0 saturated heterocycles. The molecule has 0 bridgehead atoms. The summed E-state index contributed by atoms with van der Waals surface area (Å²) in [5.74, 6) is 0.276. The summed E-state index contributed by atoms with van der Waals surface area (Å²) >= 11 is 1.29. The monoisotopic (exact) mass is 327 g/mol. The molecule has 6 nitrogen and oxygen atoms in total. The fourth-order valence-electron chi connectivity index (χ4n) is 1.58. The van der Waals surface area contributed by atoms with Gasteiger partial charge in [0.25, 0.3) is 5.91 Å². The Morgan fingerprint density at radius 1 is 1.27 bits per heavy atom. The van der Waals surface area contributed by atoms with Crippen LogP contribution in [0.1, 0.15) is 55.0 Å². The zero-order chi connectivity index (χ0) is 16.9. The number of rotatable bonds is 5. The number of aromatic nitrogens is 1. The summed E-state index contributed by atoms with van der Waals surface area (Å²) in [6, 6.07) is 0. The van der Waals surface area contributed by atoms with Crippen LogP contribution in [0.4, 0.5) is 4.79 Å². The minimum atomic E-state index is -0.537. The fourth-order valence-corrected chi connectivity index (χ4v) is 2.50. The molecule has 0 aliphatic rings. The summed E-state index contributed by atoms with van der Waals surface area (Å²) in [6.07, 6.45) is -0.494. The number of amides is 2. The average Bonchev–Trinajstić information content (AvgIpc) is 2.73. The maximum Gasteiger partial charge on any atom is 0.408 e. The fraction of sp³-hybridized carbons (Fsp3) is 0.667. The maximum absolute atomic E-state index is 12.1. The van der Waals surface area contributed by atoms with Crippen molar-refractivity contribution in [3.63, 3.8) is 0 Å². The van der Waals surface area contributed by atoms with Crippen molar-refractivity contribution < 1.29 is 14.3 Å². The molecule has 7 heteroatoms. The van der Waals surface area contributed by atoms with Crippen molar-refractivity contribution in [3.05, 3.63) is 15.6 Å². The van der Waals surface area contributed by atoms with Gasteiger partial charge in [-0.05, 0) is 33.6 Å². The highest BCUT2D eigenvalue weighted by Crippen LogP contribution is 2.18. The van der Waals surface area contributed by atoms with Crippen LogP contribution in [0.5, 0.6) is 0 Å². The molecule has 0 aliphatic carbocycles. The minimum Gasteiger partial charge on any atom is -0.444 e. The van der Waals surface area contributed by atoms with E-state index in [-0.39, 0.29) is 12.5 Å². The van der Waals surface area contributed by atoms with Gasteiger partial charge in [-0.25, -0.2) is 9.78 Å². The number of carbonyl (C=O) groups is 2. The number of hydrogen-bond donors (Lipinski definition) is 2. The molecule has 0 atom stereocenters. The Bertz CT molecular complexity index is 533. The Kier molecular flexibility index (Phi) is 6.34. The lowest BCUT2D eigenvalue weighted by molar-refractivity contribution is 0.0523. The van der Waals surface area contributed by atoms with Gasteiger partial charge in [0.1, 0.15) is 15.5 Å². The predicted octanol–water partition coefficient (Wildman–Crippen LogP) is 2.86. The van der Waals surface area contributed by atoms with Gasteiger partial charge in [0, 0.05) is 6.54 Å². The predicted molar refractivity (Wildman–Crippen MR) is 87.1 cm³/mol. The van der Waals surface area contributed by atoms with Crippen molar-refractivity contribution in [3.8, 4) is 0 Å². The van der Waals surface area contributed by atoms with Crippen LogP contribution < -0.4 is 10.6 Å². The van der Waals surface area contributed by atoms with Crippen LogP contribution in [0, 0.1) is 12.8 Å². The first-order chi connectivity index (χ1) is 10.1. The van der Waals surface area contributed by atoms with Gasteiger partial charge in [-0.3, -0.25) is 4.79 Å². The van der Waals surface area contributed by atoms with Crippen LogP contribution in [-0.2, 0) is 11.3 Å². The molecule has 1 aromatic heterocycles. The molecule has 0 aromatic carbocycles. The van der Waals surface area contributed by atoms with E-state index in [0.717, 1.165) is 0 Å². The summed E-state index contributed by atoms with van der Waals surface area (Å²) < 4.78 is 5.16. The first-order valence-electron chi connectivity index (χ1n) is 7.30. The first-order valence-corrected chi connectivity index (χ1v) is 8.11. The number of aryl methyl sites for hydroxylation is 1. The summed E-state index contributed by atoms with van der Waals surface area (Å²) in [4.78, 5) is 28.6. The van der Waals surface area contributed by atoms with Gasteiger partial charge >= 0.3 is 6.09 Å². The Balaban J connectivity index is 2.58. The molecule has 0 saturated carbocycles. The second kappa shape index (κ2) is 7.58. The molecule has 2 amide bonds. The van der Waals surface area contributed by atoms with Crippen molar-refractivity contribution in [2.45, 2.75) is 53.7 Å². The van der Waals surface area contributed by atoms with E-state index in [9.17, 15) is 9.59 Å². The molecule has 124 valence electrons. The number of thiazole rings is 1. The molecule has 0 spiro atoms. The van der Waals surface area contributed by atoms with Crippen molar-refractivity contribution in [2.24, 2.45) is 5.92 Å². The number of nitrogens with zero attached hydrogens (tertiary/aromatic N) is 1. The lowest BCUT2D eigenvalue weighted by atomic mass is 10.2. The highest BCUT2D eigenvalue weighted by Gasteiger charge is 2.18. The molecular weight excluding hydrogens is 302 g/mol. The van der Waals surface area contributed by atoms with Crippen LogP contribution in [0.2, 0.25) is 0 Å². The van der Waals surface area contributed by atoms with E-state index in [1.165, 1.54) is 11.3 Å². The molecule has 0 aliphatic heterocycles. The molecule has 0 unspecified atom stereocenters. The minimum absolute atomic E-state index is 0.118. The molecule has 1 heterocycles. The van der Waals surface area contributed by atoms with Crippen molar-refractivity contribution in [1.29, 1.82) is 0 Å². The maximum atomic E-state index is 12.1. The third-order valence-corrected chi connectivity index (χ3v) is 3.66. The highest BCUT2D eigenvalue weighted by atomic mass is 32.1. The van der Waals surface area contributed by atoms with Gasteiger partial charge in [-0.2, -0.15) is 0 Å². The van der Waals surface area contributed by atoms with E-state index in [2.05, 4.69) is 15.6 Å². The largest absolute Gasteiger partial charge is 0.444 e. The highest BCUT2D eigenvalue weighted by molar-refractivity contribution is 7.13. The van der Waals surface area contributed by atoms with E-state index in [4.69, 9.17) is 4.74 Å². The van der Waals surface area contributed by atoms with E-state index in [1.807, 2.05) is 13.8 Å². The van der Waals surface area contributed by atoms with Gasteiger partial charge in [-0.15, -0.1) is 11.3 Å². The van der Waals surface area contributed by atoms with Gasteiger partial charge in [0.05, 0.1) is 12.2 Å². The Hall–Kier alpha value is -1.63. The standard InChI is InChI=1S/C15H25N3O3S/c1-9(2)7-16-13(19)12-10(3)18-11(22-12)8-17-14(20)21-15(4,5)6/h9H,7-8H2,1-6H3,(H,16,19)(H,17,20). The molecule has 2 N–H and O–H groups in total. The number of carbonyl (C=O) groups excluding carboxylic acids is 2. The van der Waals surface area contributed by atoms with Gasteiger partial charge in [0.2, 0.25) is 0 Å². The Labute approximate surface area is 135 Å². The van der Waals surface area contributed by atoms with Crippen molar-refractivity contribution >= 4 is 23.3 Å². The molecule has 1 rings (SSSR count). The number of alkyl carbamates (subject to hydrolysis) is 1. The van der Waals surface area contributed by atoms with Crippen LogP contribution >= 0.6 is 11.3 Å². The third kappa shape index (κ3) is 6.43. The van der Waals surface area contributed by atoms with Crippen molar-refractivity contribution in [2.75, 3.05) is 6.54 Å². The number of nitrogens with one attached hydrogen (secondary N) is 2. The van der Waals surface area contributed by atoms with Gasteiger partial charge < -0.3 is 15.4 Å². The molecule has 0 fully saturated rings. The van der Waals surface area contributed by atoms with Gasteiger partial charge in [0.15, 0.2) is 0 Å².